The van der Waals surface area contributed by atoms with Crippen LogP contribution in [0.25, 0.3) is 5.69 Å². The molecule has 0 saturated heterocycles. The average molecular weight is 251 g/mol. The van der Waals surface area contributed by atoms with Gasteiger partial charge in [0.05, 0.1) is 11.4 Å². The summed E-state index contributed by atoms with van der Waals surface area (Å²) in [6.45, 7) is 8.05. The summed E-state index contributed by atoms with van der Waals surface area (Å²) in [4.78, 5) is 4.44. The highest BCUT2D eigenvalue weighted by Gasteiger charge is 2.16. The zero-order valence-electron chi connectivity index (χ0n) is 10.4. The number of rotatable bonds is 2. The lowest BCUT2D eigenvalue weighted by Gasteiger charge is -2.12. The molecule has 0 unspecified atom stereocenters. The molecule has 0 spiro atoms. The maximum atomic E-state index is 6.10. The Bertz CT molecular complexity index is 545. The van der Waals surface area contributed by atoms with Crippen molar-refractivity contribution < 1.29 is 0 Å². The number of aryl methyl sites for hydroxylation is 2. The van der Waals surface area contributed by atoms with Crippen molar-refractivity contribution in [3.8, 4) is 5.69 Å². The third kappa shape index (κ3) is 2.17. The Hall–Kier alpha value is -1.42. The minimum absolute atomic E-state index is 0.260. The Morgan fingerprint density at radius 2 is 1.88 bits per heavy atom. The fourth-order valence-corrected chi connectivity index (χ4v) is 2.00. The van der Waals surface area contributed by atoms with E-state index in [-0.39, 0.29) is 5.92 Å². The van der Waals surface area contributed by atoms with Crippen LogP contribution in [0.4, 0.5) is 0 Å². The van der Waals surface area contributed by atoms with Crippen LogP contribution < -0.4 is 0 Å². The van der Waals surface area contributed by atoms with E-state index in [1.165, 1.54) is 0 Å². The minimum Gasteiger partial charge on any atom is -0.268 e. The summed E-state index contributed by atoms with van der Waals surface area (Å²) in [6.07, 6.45) is 0. The van der Waals surface area contributed by atoms with Crippen LogP contribution >= 0.6 is 11.6 Å². The third-order valence-electron chi connectivity index (χ3n) is 2.60. The van der Waals surface area contributed by atoms with Gasteiger partial charge in [-0.25, -0.2) is 0 Å². The first-order chi connectivity index (χ1) is 8.00. The van der Waals surface area contributed by atoms with Gasteiger partial charge in [-0.05, 0) is 37.6 Å². The molecule has 90 valence electrons. The van der Waals surface area contributed by atoms with Gasteiger partial charge in [0.2, 0.25) is 5.28 Å². The Kier molecular flexibility index (Phi) is 3.15. The predicted molar refractivity (Wildman–Crippen MR) is 67.7 cm³/mol. The fourth-order valence-electron chi connectivity index (χ4n) is 1.79. The molecule has 2 aromatic heterocycles. The molecule has 4 nitrogen and oxygen atoms in total. The van der Waals surface area contributed by atoms with Gasteiger partial charge in [-0.3, -0.25) is 9.55 Å². The number of pyridine rings is 1. The van der Waals surface area contributed by atoms with Crippen molar-refractivity contribution in [2.24, 2.45) is 0 Å². The van der Waals surface area contributed by atoms with E-state index in [1.54, 1.807) is 0 Å². The summed E-state index contributed by atoms with van der Waals surface area (Å²) in [6, 6.07) is 3.96. The molecule has 0 aliphatic carbocycles. The second kappa shape index (κ2) is 4.45. The number of hydrogen-bond acceptors (Lipinski definition) is 3. The van der Waals surface area contributed by atoms with Crippen LogP contribution in [0.3, 0.4) is 0 Å². The molecule has 0 radical (unpaired) electrons. The predicted octanol–water partition coefficient (Wildman–Crippen LogP) is 3.06. The quantitative estimate of drug-likeness (QED) is 0.823. The highest BCUT2D eigenvalue weighted by atomic mass is 35.5. The van der Waals surface area contributed by atoms with E-state index in [4.69, 9.17) is 11.6 Å². The van der Waals surface area contributed by atoms with Crippen molar-refractivity contribution in [3.63, 3.8) is 0 Å². The van der Waals surface area contributed by atoms with Crippen LogP contribution in [0.15, 0.2) is 12.1 Å². The number of hydrogen-bond donors (Lipinski definition) is 0. The SMILES string of the molecule is Cc1ccc(-n2c(Cl)nnc2C(C)C)c(C)n1. The number of halogens is 1. The monoisotopic (exact) mass is 250 g/mol. The van der Waals surface area contributed by atoms with Crippen LogP contribution in [-0.2, 0) is 0 Å². The Morgan fingerprint density at radius 1 is 1.18 bits per heavy atom. The van der Waals surface area contributed by atoms with Crippen molar-refractivity contribution in [2.75, 3.05) is 0 Å². The normalized spacial score (nSPS) is 11.2. The van der Waals surface area contributed by atoms with Crippen molar-refractivity contribution in [3.05, 3.63) is 34.6 Å². The first kappa shape index (κ1) is 12.0. The smallest absolute Gasteiger partial charge is 0.229 e. The summed E-state index contributed by atoms with van der Waals surface area (Å²) < 4.78 is 1.86. The summed E-state index contributed by atoms with van der Waals surface area (Å²) in [5.74, 6) is 1.11. The van der Waals surface area contributed by atoms with E-state index in [9.17, 15) is 0 Å². The van der Waals surface area contributed by atoms with Crippen LogP contribution in [0.2, 0.25) is 5.28 Å². The van der Waals surface area contributed by atoms with Gasteiger partial charge in [-0.15, -0.1) is 10.2 Å². The molecule has 0 aliphatic heterocycles. The number of nitrogens with zero attached hydrogens (tertiary/aromatic N) is 4. The van der Waals surface area contributed by atoms with Crippen LogP contribution in [0.5, 0.6) is 0 Å². The molecule has 17 heavy (non-hydrogen) atoms. The lowest BCUT2D eigenvalue weighted by Crippen LogP contribution is -2.06. The molecule has 2 rings (SSSR count). The summed E-state index contributed by atoms with van der Waals surface area (Å²) in [7, 11) is 0. The maximum Gasteiger partial charge on any atom is 0.229 e. The minimum atomic E-state index is 0.260. The fraction of sp³-hybridized carbons (Fsp3) is 0.417. The van der Waals surface area contributed by atoms with Crippen LogP contribution in [0.1, 0.15) is 37.0 Å². The zero-order valence-corrected chi connectivity index (χ0v) is 11.2. The molecule has 5 heteroatoms. The highest BCUT2D eigenvalue weighted by Crippen LogP contribution is 2.23. The van der Waals surface area contributed by atoms with Gasteiger partial charge in [-0.2, -0.15) is 0 Å². The molecule has 0 amide bonds. The molecule has 0 aromatic carbocycles. The molecule has 0 atom stereocenters. The zero-order chi connectivity index (χ0) is 12.6. The molecule has 0 bridgehead atoms. The first-order valence-corrected chi connectivity index (χ1v) is 5.94. The van der Waals surface area contributed by atoms with Crippen LogP contribution in [-0.4, -0.2) is 19.7 Å². The average Bonchev–Trinajstić information content (AvgIpc) is 2.60. The Labute approximate surface area is 106 Å². The highest BCUT2D eigenvalue weighted by molar-refractivity contribution is 6.28. The van der Waals surface area contributed by atoms with E-state index in [0.29, 0.717) is 5.28 Å². The van der Waals surface area contributed by atoms with Crippen LogP contribution in [0, 0.1) is 13.8 Å². The molecule has 2 aromatic rings. The molecule has 0 saturated carbocycles. The van der Waals surface area contributed by atoms with Gasteiger partial charge >= 0.3 is 0 Å². The van der Waals surface area contributed by atoms with E-state index in [2.05, 4.69) is 29.0 Å². The molecule has 0 fully saturated rings. The summed E-state index contributed by atoms with van der Waals surface area (Å²) >= 11 is 6.10. The summed E-state index contributed by atoms with van der Waals surface area (Å²) in [5.41, 5.74) is 2.85. The van der Waals surface area contributed by atoms with Gasteiger partial charge in [-0.1, -0.05) is 13.8 Å². The third-order valence-corrected chi connectivity index (χ3v) is 2.85. The molecular formula is C12H15ClN4. The van der Waals surface area contributed by atoms with Gasteiger partial charge in [0, 0.05) is 11.6 Å². The molecule has 0 N–H and O–H groups in total. The second-order valence-electron chi connectivity index (χ2n) is 4.37. The van der Waals surface area contributed by atoms with E-state index < -0.39 is 0 Å². The lowest BCUT2D eigenvalue weighted by atomic mass is 10.2. The van der Waals surface area contributed by atoms with Gasteiger partial charge < -0.3 is 0 Å². The standard InChI is InChI=1S/C12H15ClN4/c1-7(2)11-15-16-12(13)17(11)10-6-5-8(3)14-9(10)4/h5-7H,1-4H3. The van der Waals surface area contributed by atoms with E-state index in [0.717, 1.165) is 22.9 Å². The molecular weight excluding hydrogens is 236 g/mol. The summed E-state index contributed by atoms with van der Waals surface area (Å²) in [5, 5.41) is 8.41. The lowest BCUT2D eigenvalue weighted by molar-refractivity contribution is 0.742. The first-order valence-electron chi connectivity index (χ1n) is 5.56. The molecule has 2 heterocycles. The van der Waals surface area contributed by atoms with Gasteiger partial charge in [0.1, 0.15) is 5.82 Å². The van der Waals surface area contributed by atoms with Crippen molar-refractivity contribution in [1.82, 2.24) is 19.7 Å². The topological polar surface area (TPSA) is 43.6 Å². The largest absolute Gasteiger partial charge is 0.268 e. The van der Waals surface area contributed by atoms with E-state index >= 15 is 0 Å². The van der Waals surface area contributed by atoms with E-state index in [1.807, 2.05) is 30.5 Å². The maximum absolute atomic E-state index is 6.10. The van der Waals surface area contributed by atoms with Gasteiger partial charge in [0.15, 0.2) is 0 Å². The Morgan fingerprint density at radius 3 is 2.47 bits per heavy atom. The van der Waals surface area contributed by atoms with Gasteiger partial charge in [0.25, 0.3) is 0 Å². The second-order valence-corrected chi connectivity index (χ2v) is 4.71. The Balaban J connectivity index is 2.63. The molecule has 0 aliphatic rings. The number of aromatic nitrogens is 4. The van der Waals surface area contributed by atoms with Crippen molar-refractivity contribution in [2.45, 2.75) is 33.6 Å². The van der Waals surface area contributed by atoms with Crippen molar-refractivity contribution >= 4 is 11.6 Å². The van der Waals surface area contributed by atoms with Crippen molar-refractivity contribution in [1.29, 1.82) is 0 Å².